The van der Waals surface area contributed by atoms with Gasteiger partial charge >= 0.3 is 6.18 Å². The zero-order chi connectivity index (χ0) is 22.3. The number of amides is 1. The highest BCUT2D eigenvalue weighted by molar-refractivity contribution is 6.37. The minimum atomic E-state index is -4.73. The summed E-state index contributed by atoms with van der Waals surface area (Å²) in [6.07, 6.45) is -3.47. The molecule has 0 bridgehead atoms. The molecule has 3 aromatic heterocycles. The van der Waals surface area contributed by atoms with E-state index in [2.05, 4.69) is 25.5 Å². The third-order valence-electron chi connectivity index (χ3n) is 4.22. The van der Waals surface area contributed by atoms with Crippen molar-refractivity contribution in [1.82, 2.24) is 29.4 Å². The number of nitrogens with zero attached hydrogens (tertiary/aromatic N) is 6. The number of anilines is 1. The first-order chi connectivity index (χ1) is 14.6. The normalized spacial score (nSPS) is 11.8. The monoisotopic (exact) mass is 453 g/mol. The molecule has 1 amide bonds. The summed E-state index contributed by atoms with van der Waals surface area (Å²) >= 11 is 6.08. The number of carbonyl (C=O) groups is 1. The molecule has 3 heterocycles. The number of benzene rings is 1. The Kier molecular flexibility index (Phi) is 5.09. The van der Waals surface area contributed by atoms with Crippen molar-refractivity contribution in [2.24, 2.45) is 0 Å². The molecule has 0 fully saturated rings. The van der Waals surface area contributed by atoms with E-state index in [0.717, 1.165) is 6.07 Å². The second-order valence-electron chi connectivity index (χ2n) is 6.49. The lowest BCUT2D eigenvalue weighted by Crippen LogP contribution is -2.16. The molecule has 4 rings (SSSR count). The molecule has 160 valence electrons. The molecule has 0 radical (unpaired) electrons. The molecular weight excluding hydrogens is 442 g/mol. The van der Waals surface area contributed by atoms with Gasteiger partial charge in [-0.2, -0.15) is 18.3 Å². The number of hydrogen-bond acceptors (Lipinski definition) is 5. The van der Waals surface area contributed by atoms with E-state index in [9.17, 15) is 22.4 Å². The average Bonchev–Trinajstić information content (AvgIpc) is 3.27. The molecule has 1 aromatic carbocycles. The van der Waals surface area contributed by atoms with Gasteiger partial charge in [-0.25, -0.2) is 23.6 Å². The first kappa shape index (κ1) is 20.7. The first-order valence-corrected chi connectivity index (χ1v) is 9.08. The molecule has 1 N–H and O–H groups in total. The highest BCUT2D eigenvalue weighted by Gasteiger charge is 2.36. The fourth-order valence-corrected chi connectivity index (χ4v) is 3.10. The van der Waals surface area contributed by atoms with Crippen LogP contribution in [0.5, 0.6) is 0 Å². The summed E-state index contributed by atoms with van der Waals surface area (Å²) < 4.78 is 55.5. The number of halogens is 5. The summed E-state index contributed by atoms with van der Waals surface area (Å²) in [5, 5.41) is 9.64. The molecule has 0 aliphatic carbocycles. The van der Waals surface area contributed by atoms with E-state index in [-0.39, 0.29) is 28.9 Å². The second-order valence-corrected chi connectivity index (χ2v) is 6.87. The zero-order valence-corrected chi connectivity index (χ0v) is 16.4. The Morgan fingerprint density at radius 3 is 2.68 bits per heavy atom. The van der Waals surface area contributed by atoms with Crippen LogP contribution in [0.4, 0.5) is 23.5 Å². The smallest absolute Gasteiger partial charge is 0.288 e. The van der Waals surface area contributed by atoms with E-state index < -0.39 is 29.3 Å². The molecule has 4 aromatic rings. The van der Waals surface area contributed by atoms with Crippen LogP contribution in [0.3, 0.4) is 0 Å². The van der Waals surface area contributed by atoms with Crippen molar-refractivity contribution >= 4 is 29.1 Å². The van der Waals surface area contributed by atoms with Crippen LogP contribution in [0.2, 0.25) is 5.02 Å². The Hall–Kier alpha value is -3.54. The number of fused-ring (bicyclic) bond motifs is 1. The fraction of sp³-hybridized carbons (Fsp3) is 0.167. The topological polar surface area (TPSA) is 90.0 Å². The molecule has 13 heteroatoms. The van der Waals surface area contributed by atoms with Crippen LogP contribution < -0.4 is 5.32 Å². The van der Waals surface area contributed by atoms with Crippen molar-refractivity contribution in [3.05, 3.63) is 70.1 Å². The molecule has 31 heavy (non-hydrogen) atoms. The van der Waals surface area contributed by atoms with Gasteiger partial charge in [0, 0.05) is 11.3 Å². The van der Waals surface area contributed by atoms with Gasteiger partial charge < -0.3 is 0 Å². The largest absolute Gasteiger partial charge is 0.433 e. The number of aryl methyl sites for hydroxylation is 1. The van der Waals surface area contributed by atoms with Gasteiger partial charge in [0.2, 0.25) is 5.95 Å². The quantitative estimate of drug-likeness (QED) is 0.475. The predicted octanol–water partition coefficient (Wildman–Crippen LogP) is 3.74. The average molecular weight is 454 g/mol. The van der Waals surface area contributed by atoms with Crippen LogP contribution >= 0.6 is 11.6 Å². The number of carbonyl (C=O) groups excluding carboxylic acids is 1. The minimum Gasteiger partial charge on any atom is -0.288 e. The van der Waals surface area contributed by atoms with Crippen LogP contribution in [0.1, 0.15) is 27.4 Å². The number of rotatable bonds is 4. The molecule has 0 aliphatic heterocycles. The van der Waals surface area contributed by atoms with Gasteiger partial charge in [0.05, 0.1) is 6.54 Å². The maximum absolute atomic E-state index is 13.8. The summed E-state index contributed by atoms with van der Waals surface area (Å²) in [5.41, 5.74) is -1.49. The lowest BCUT2D eigenvalue weighted by Gasteiger charge is -2.09. The summed E-state index contributed by atoms with van der Waals surface area (Å²) in [4.78, 5) is 20.4. The number of aromatic nitrogens is 6. The van der Waals surface area contributed by atoms with Crippen LogP contribution in [0, 0.1) is 12.7 Å². The second kappa shape index (κ2) is 7.61. The van der Waals surface area contributed by atoms with Crippen molar-refractivity contribution in [2.75, 3.05) is 5.32 Å². The van der Waals surface area contributed by atoms with Crippen molar-refractivity contribution in [1.29, 1.82) is 0 Å². The Morgan fingerprint density at radius 2 is 1.97 bits per heavy atom. The van der Waals surface area contributed by atoms with E-state index in [0.29, 0.717) is 10.1 Å². The maximum atomic E-state index is 13.8. The molecule has 0 saturated heterocycles. The molecule has 0 spiro atoms. The highest BCUT2D eigenvalue weighted by Crippen LogP contribution is 2.32. The predicted molar refractivity (Wildman–Crippen MR) is 101 cm³/mol. The third kappa shape index (κ3) is 4.06. The third-order valence-corrected chi connectivity index (χ3v) is 4.57. The molecule has 8 nitrogen and oxygen atoms in total. The van der Waals surface area contributed by atoms with Gasteiger partial charge in [-0.15, -0.1) is 5.10 Å². The summed E-state index contributed by atoms with van der Waals surface area (Å²) in [6, 6.07) is 6.87. The van der Waals surface area contributed by atoms with Crippen LogP contribution in [-0.4, -0.2) is 35.3 Å². The van der Waals surface area contributed by atoms with Gasteiger partial charge in [0.1, 0.15) is 22.9 Å². The Labute approximate surface area is 176 Å². The lowest BCUT2D eigenvalue weighted by molar-refractivity contribution is -0.142. The Morgan fingerprint density at radius 1 is 1.23 bits per heavy atom. The fourth-order valence-electron chi connectivity index (χ4n) is 2.85. The van der Waals surface area contributed by atoms with Crippen LogP contribution in [-0.2, 0) is 12.7 Å². The molecule has 0 saturated carbocycles. The minimum absolute atomic E-state index is 0.0575. The highest BCUT2D eigenvalue weighted by atomic mass is 35.5. The Bertz CT molecular complexity index is 1300. The van der Waals surface area contributed by atoms with Crippen LogP contribution in [0.15, 0.2) is 36.7 Å². The molecule has 0 unspecified atom stereocenters. The first-order valence-electron chi connectivity index (χ1n) is 8.71. The summed E-state index contributed by atoms with van der Waals surface area (Å²) in [5.74, 6) is -1.51. The lowest BCUT2D eigenvalue weighted by atomic mass is 10.2. The van der Waals surface area contributed by atoms with Crippen molar-refractivity contribution in [3.8, 4) is 0 Å². The van der Waals surface area contributed by atoms with Crippen molar-refractivity contribution in [3.63, 3.8) is 0 Å². The van der Waals surface area contributed by atoms with Gasteiger partial charge in [0.25, 0.3) is 5.91 Å². The van der Waals surface area contributed by atoms with E-state index in [4.69, 9.17) is 11.6 Å². The standard InChI is InChI=1S/C18H12ClF4N7O/c1-9-6-12(18(21,22)23)30-15(25-9)13(19)14(27-30)16(31)26-17-24-8-29(28-17)7-10-4-2-3-5-11(10)20/h2-6,8H,7H2,1H3,(H,26,28,31). The zero-order valence-electron chi connectivity index (χ0n) is 15.7. The van der Waals surface area contributed by atoms with Crippen molar-refractivity contribution < 1.29 is 22.4 Å². The van der Waals surface area contributed by atoms with E-state index in [1.807, 2.05) is 0 Å². The molecular formula is C18H12ClF4N7O. The van der Waals surface area contributed by atoms with E-state index in [1.54, 1.807) is 18.2 Å². The van der Waals surface area contributed by atoms with Gasteiger partial charge in [-0.05, 0) is 19.1 Å². The van der Waals surface area contributed by atoms with E-state index >= 15 is 0 Å². The van der Waals surface area contributed by atoms with E-state index in [1.165, 1.54) is 24.0 Å². The van der Waals surface area contributed by atoms with Gasteiger partial charge in [-0.3, -0.25) is 10.1 Å². The van der Waals surface area contributed by atoms with Gasteiger partial charge in [-0.1, -0.05) is 29.8 Å². The van der Waals surface area contributed by atoms with Crippen LogP contribution in [0.25, 0.3) is 5.65 Å². The summed E-state index contributed by atoms with van der Waals surface area (Å²) in [6.45, 7) is 1.42. The summed E-state index contributed by atoms with van der Waals surface area (Å²) in [7, 11) is 0. The number of alkyl halides is 3. The molecule has 0 atom stereocenters. The van der Waals surface area contributed by atoms with Crippen molar-refractivity contribution in [2.45, 2.75) is 19.6 Å². The Balaban J connectivity index is 1.60. The number of hydrogen-bond donors (Lipinski definition) is 1. The maximum Gasteiger partial charge on any atom is 0.433 e. The van der Waals surface area contributed by atoms with Gasteiger partial charge in [0.15, 0.2) is 11.3 Å². The molecule has 0 aliphatic rings. The number of nitrogens with one attached hydrogen (secondary N) is 1. The SMILES string of the molecule is Cc1cc(C(F)(F)F)n2nc(C(=O)Nc3ncn(Cc4ccccc4F)n3)c(Cl)c2n1.